The Bertz CT molecular complexity index is 1090. The second kappa shape index (κ2) is 8.83. The van der Waals surface area contributed by atoms with Crippen molar-refractivity contribution in [2.24, 2.45) is 5.92 Å². The van der Waals surface area contributed by atoms with Gasteiger partial charge in [0.1, 0.15) is 0 Å². The van der Waals surface area contributed by atoms with Crippen molar-refractivity contribution < 1.29 is 14.1 Å². The molecule has 31 heavy (non-hydrogen) atoms. The third-order valence-electron chi connectivity index (χ3n) is 5.80. The predicted molar refractivity (Wildman–Crippen MR) is 115 cm³/mol. The fourth-order valence-corrected chi connectivity index (χ4v) is 3.93. The molecule has 1 saturated heterocycles. The number of pyridine rings is 2. The summed E-state index contributed by atoms with van der Waals surface area (Å²) < 4.78 is 5.34. The minimum Gasteiger partial charge on any atom is -0.352 e. The Labute approximate surface area is 181 Å². The van der Waals surface area contributed by atoms with Crippen molar-refractivity contribution in [3.8, 4) is 0 Å². The molecule has 1 N–H and O–H groups in total. The molecule has 3 aromatic heterocycles. The molecular weight excluding hydrogens is 394 g/mol. The van der Waals surface area contributed by atoms with Crippen LogP contribution in [0, 0.1) is 12.8 Å². The predicted octanol–water partition coefficient (Wildman–Crippen LogP) is 3.22. The molecule has 2 amide bonds. The first-order valence-electron chi connectivity index (χ1n) is 10.7. The summed E-state index contributed by atoms with van der Waals surface area (Å²) in [5.74, 6) is 0.0337. The zero-order chi connectivity index (χ0) is 22.0. The average molecular weight is 422 g/mol. The lowest BCUT2D eigenvalue weighted by Gasteiger charge is -2.31. The lowest BCUT2D eigenvalue weighted by atomic mass is 9.94. The Morgan fingerprint density at radius 3 is 2.74 bits per heavy atom. The van der Waals surface area contributed by atoms with Gasteiger partial charge in [-0.15, -0.1) is 0 Å². The molecule has 1 aliphatic heterocycles. The second-order valence-electron chi connectivity index (χ2n) is 8.34. The monoisotopic (exact) mass is 421 g/mol. The number of carbonyl (C=O) groups excluding carboxylic acids is 2. The minimum atomic E-state index is -0.0956. The molecule has 4 rings (SSSR count). The van der Waals surface area contributed by atoms with Crippen LogP contribution in [0.25, 0.3) is 11.1 Å². The van der Waals surface area contributed by atoms with Crippen LogP contribution in [0.2, 0.25) is 0 Å². The van der Waals surface area contributed by atoms with Crippen LogP contribution in [0.3, 0.4) is 0 Å². The number of nitrogens with zero attached hydrogens (tertiary/aromatic N) is 4. The number of rotatable bonds is 5. The van der Waals surface area contributed by atoms with Crippen molar-refractivity contribution in [1.29, 1.82) is 0 Å². The maximum atomic E-state index is 13.3. The maximum absolute atomic E-state index is 13.3. The van der Waals surface area contributed by atoms with Gasteiger partial charge in [-0.25, -0.2) is 4.98 Å². The summed E-state index contributed by atoms with van der Waals surface area (Å²) in [6.45, 7) is 7.41. The van der Waals surface area contributed by atoms with Crippen molar-refractivity contribution in [2.75, 3.05) is 13.1 Å². The highest BCUT2D eigenvalue weighted by molar-refractivity contribution is 6.06. The van der Waals surface area contributed by atoms with E-state index in [0.717, 1.165) is 11.3 Å². The summed E-state index contributed by atoms with van der Waals surface area (Å²) in [5.41, 5.74) is 3.40. The highest BCUT2D eigenvalue weighted by atomic mass is 16.5. The SMILES string of the molecule is Cc1noc2nc(C(C)C)cc(C(=O)N3CCC(C(=O)NCc4cccnc4)CC3)c12. The van der Waals surface area contributed by atoms with Crippen molar-refractivity contribution in [3.05, 3.63) is 53.1 Å². The van der Waals surface area contributed by atoms with Gasteiger partial charge in [-0.05, 0) is 43.4 Å². The van der Waals surface area contributed by atoms with Crippen LogP contribution < -0.4 is 5.32 Å². The van der Waals surface area contributed by atoms with Crippen molar-refractivity contribution in [3.63, 3.8) is 0 Å². The number of hydrogen-bond donors (Lipinski definition) is 1. The molecule has 0 aliphatic carbocycles. The topological polar surface area (TPSA) is 101 Å². The van der Waals surface area contributed by atoms with Crippen LogP contribution in [0.1, 0.15) is 59.9 Å². The van der Waals surface area contributed by atoms with Crippen molar-refractivity contribution >= 4 is 22.9 Å². The van der Waals surface area contributed by atoms with E-state index in [2.05, 4.69) is 20.4 Å². The van der Waals surface area contributed by atoms with E-state index in [9.17, 15) is 9.59 Å². The van der Waals surface area contributed by atoms with Crippen LogP contribution in [-0.4, -0.2) is 44.9 Å². The molecule has 8 heteroatoms. The normalized spacial score (nSPS) is 14.9. The number of aromatic nitrogens is 3. The van der Waals surface area contributed by atoms with Gasteiger partial charge in [0.15, 0.2) is 0 Å². The lowest BCUT2D eigenvalue weighted by molar-refractivity contribution is -0.126. The largest absolute Gasteiger partial charge is 0.352 e. The van der Waals surface area contributed by atoms with E-state index < -0.39 is 0 Å². The number of amides is 2. The molecule has 0 spiro atoms. The Morgan fingerprint density at radius 1 is 1.29 bits per heavy atom. The molecule has 162 valence electrons. The van der Waals surface area contributed by atoms with Gasteiger partial charge in [-0.2, -0.15) is 0 Å². The van der Waals surface area contributed by atoms with Crippen LogP contribution in [0.5, 0.6) is 0 Å². The first-order chi connectivity index (χ1) is 14.9. The summed E-state index contributed by atoms with van der Waals surface area (Å²) >= 11 is 0. The molecule has 3 aromatic rings. The van der Waals surface area contributed by atoms with Gasteiger partial charge in [0.05, 0.1) is 16.6 Å². The Balaban J connectivity index is 1.42. The summed E-state index contributed by atoms with van der Waals surface area (Å²) in [7, 11) is 0. The Morgan fingerprint density at radius 2 is 2.06 bits per heavy atom. The van der Waals surface area contributed by atoms with E-state index in [-0.39, 0.29) is 23.7 Å². The molecular formula is C23H27N5O3. The van der Waals surface area contributed by atoms with Gasteiger partial charge < -0.3 is 14.7 Å². The molecule has 0 radical (unpaired) electrons. The third-order valence-corrected chi connectivity index (χ3v) is 5.80. The quantitative estimate of drug-likeness (QED) is 0.679. The van der Waals surface area contributed by atoms with E-state index >= 15 is 0 Å². The van der Waals surface area contributed by atoms with Crippen LogP contribution in [0.4, 0.5) is 0 Å². The van der Waals surface area contributed by atoms with Gasteiger partial charge in [0, 0.05) is 43.6 Å². The molecule has 4 heterocycles. The molecule has 1 aliphatic rings. The van der Waals surface area contributed by atoms with E-state index in [4.69, 9.17) is 4.52 Å². The van der Waals surface area contributed by atoms with Gasteiger partial charge in [-0.3, -0.25) is 14.6 Å². The molecule has 8 nitrogen and oxygen atoms in total. The third kappa shape index (κ3) is 4.42. The smallest absolute Gasteiger partial charge is 0.259 e. The number of nitrogens with one attached hydrogen (secondary N) is 1. The molecule has 0 aromatic carbocycles. The Hall–Kier alpha value is -3.29. The number of likely N-dealkylation sites (tertiary alicyclic amines) is 1. The zero-order valence-corrected chi connectivity index (χ0v) is 18.1. The average Bonchev–Trinajstić information content (AvgIpc) is 3.18. The first-order valence-corrected chi connectivity index (χ1v) is 10.7. The van der Waals surface area contributed by atoms with E-state index in [1.54, 1.807) is 12.4 Å². The van der Waals surface area contributed by atoms with Gasteiger partial charge in [0.25, 0.3) is 11.6 Å². The molecule has 0 saturated carbocycles. The minimum absolute atomic E-state index is 0.0271. The van der Waals surface area contributed by atoms with Crippen LogP contribution >= 0.6 is 0 Å². The standard InChI is InChI=1S/C23H27N5O3/c1-14(2)19-11-18(20-15(3)27-31-22(20)26-19)23(30)28-9-6-17(7-10-28)21(29)25-13-16-5-4-8-24-12-16/h4-5,8,11-12,14,17H,6-7,9-10,13H2,1-3H3,(H,25,29). The molecule has 1 fully saturated rings. The highest BCUT2D eigenvalue weighted by Gasteiger charge is 2.30. The number of piperidine rings is 1. The van der Waals surface area contributed by atoms with E-state index in [1.165, 1.54) is 0 Å². The lowest BCUT2D eigenvalue weighted by Crippen LogP contribution is -2.43. The molecule has 0 unspecified atom stereocenters. The number of hydrogen-bond acceptors (Lipinski definition) is 6. The number of aryl methyl sites for hydroxylation is 1. The Kier molecular flexibility index (Phi) is 5.97. The van der Waals surface area contributed by atoms with Crippen LogP contribution in [-0.2, 0) is 11.3 Å². The zero-order valence-electron chi connectivity index (χ0n) is 18.1. The summed E-state index contributed by atoms with van der Waals surface area (Å²) in [6.07, 6.45) is 4.73. The van der Waals surface area contributed by atoms with E-state index in [1.807, 2.05) is 43.9 Å². The highest BCUT2D eigenvalue weighted by Crippen LogP contribution is 2.27. The fraction of sp³-hybridized carbons (Fsp3) is 0.435. The second-order valence-corrected chi connectivity index (χ2v) is 8.34. The fourth-order valence-electron chi connectivity index (χ4n) is 3.93. The van der Waals surface area contributed by atoms with Gasteiger partial charge in [0.2, 0.25) is 5.91 Å². The number of fused-ring (bicyclic) bond motifs is 1. The van der Waals surface area contributed by atoms with Crippen molar-refractivity contribution in [1.82, 2.24) is 25.3 Å². The number of carbonyl (C=O) groups is 2. The first kappa shape index (κ1) is 21.0. The van der Waals surface area contributed by atoms with Gasteiger partial charge >= 0.3 is 0 Å². The van der Waals surface area contributed by atoms with Gasteiger partial charge in [-0.1, -0.05) is 25.1 Å². The maximum Gasteiger partial charge on any atom is 0.259 e. The molecule has 0 atom stereocenters. The van der Waals surface area contributed by atoms with Crippen LogP contribution in [0.15, 0.2) is 35.1 Å². The van der Waals surface area contributed by atoms with Crippen molar-refractivity contribution in [2.45, 2.75) is 46.1 Å². The van der Waals surface area contributed by atoms with E-state index in [0.29, 0.717) is 54.8 Å². The summed E-state index contributed by atoms with van der Waals surface area (Å²) in [6, 6.07) is 5.64. The summed E-state index contributed by atoms with van der Waals surface area (Å²) in [4.78, 5) is 36.3. The summed E-state index contributed by atoms with van der Waals surface area (Å²) in [5, 5.41) is 7.65. The molecule has 0 bridgehead atoms.